The van der Waals surface area contributed by atoms with Crippen LogP contribution in [0.5, 0.6) is 11.5 Å². The van der Waals surface area contributed by atoms with Crippen molar-refractivity contribution in [2.75, 3.05) is 23.9 Å². The number of rotatable bonds is 5. The molecule has 162 valence electrons. The van der Waals surface area contributed by atoms with Crippen LogP contribution in [0.15, 0.2) is 66.7 Å². The van der Waals surface area contributed by atoms with Gasteiger partial charge in [-0.1, -0.05) is 24.3 Å². The smallest absolute Gasteiger partial charge is 0.325 e. The van der Waals surface area contributed by atoms with Crippen molar-refractivity contribution >= 4 is 29.2 Å². The number of carbonyl (C=O) groups is 3. The molecule has 1 heterocycles. The molecule has 0 unspecified atom stereocenters. The number of anilines is 2. The summed E-state index contributed by atoms with van der Waals surface area (Å²) in [5.74, 6) is -1.03. The lowest BCUT2D eigenvalue weighted by molar-refractivity contribution is -0.138. The fraction of sp³-hybridized carbons (Fsp3) is 0.125. The van der Waals surface area contributed by atoms with E-state index in [4.69, 9.17) is 9.47 Å². The second-order valence-corrected chi connectivity index (χ2v) is 7.10. The van der Waals surface area contributed by atoms with Crippen molar-refractivity contribution in [1.82, 2.24) is 0 Å². The first kappa shape index (κ1) is 21.0. The van der Waals surface area contributed by atoms with Crippen molar-refractivity contribution in [2.24, 2.45) is 0 Å². The minimum Gasteiger partial charge on any atom is -0.468 e. The molecule has 0 saturated carbocycles. The number of ether oxygens (including phenoxy) is 2. The molecule has 0 atom stereocenters. The third-order valence-corrected chi connectivity index (χ3v) is 4.91. The molecule has 7 nitrogen and oxygen atoms in total. The van der Waals surface area contributed by atoms with Crippen LogP contribution >= 0.6 is 0 Å². The zero-order chi connectivity index (χ0) is 22.7. The highest BCUT2D eigenvalue weighted by molar-refractivity contribution is 6.11. The Balaban J connectivity index is 1.62. The van der Waals surface area contributed by atoms with E-state index >= 15 is 0 Å². The molecule has 0 saturated heterocycles. The van der Waals surface area contributed by atoms with Crippen LogP contribution in [0.1, 0.15) is 15.9 Å². The summed E-state index contributed by atoms with van der Waals surface area (Å²) in [6, 6.07) is 17.2. The molecule has 32 heavy (non-hydrogen) atoms. The molecular formula is C24H19FN2O5. The Morgan fingerprint density at radius 2 is 1.78 bits per heavy atom. The van der Waals surface area contributed by atoms with E-state index in [0.717, 1.165) is 0 Å². The number of fused-ring (bicyclic) bond motifs is 2. The van der Waals surface area contributed by atoms with Gasteiger partial charge in [-0.25, -0.2) is 4.39 Å². The van der Waals surface area contributed by atoms with Gasteiger partial charge in [0, 0.05) is 11.8 Å². The van der Waals surface area contributed by atoms with E-state index in [1.165, 1.54) is 24.1 Å². The average Bonchev–Trinajstić information content (AvgIpc) is 2.89. The highest BCUT2D eigenvalue weighted by Crippen LogP contribution is 2.40. The van der Waals surface area contributed by atoms with Gasteiger partial charge >= 0.3 is 5.97 Å². The maximum Gasteiger partial charge on any atom is 0.325 e. The number of methoxy groups -OCH3 is 1. The first-order valence-corrected chi connectivity index (χ1v) is 9.78. The Morgan fingerprint density at radius 3 is 2.53 bits per heavy atom. The normalized spacial score (nSPS) is 12.2. The van der Waals surface area contributed by atoms with E-state index in [9.17, 15) is 18.8 Å². The fourth-order valence-electron chi connectivity index (χ4n) is 3.35. The van der Waals surface area contributed by atoms with Gasteiger partial charge in [0.2, 0.25) is 5.91 Å². The number of benzene rings is 3. The van der Waals surface area contributed by atoms with Gasteiger partial charge < -0.3 is 14.8 Å². The van der Waals surface area contributed by atoms with Crippen LogP contribution in [-0.2, 0) is 20.7 Å². The maximum atomic E-state index is 13.1. The van der Waals surface area contributed by atoms with Crippen LogP contribution in [-0.4, -0.2) is 31.4 Å². The fourth-order valence-corrected chi connectivity index (χ4v) is 3.35. The van der Waals surface area contributed by atoms with Crippen molar-refractivity contribution in [3.63, 3.8) is 0 Å². The minimum absolute atomic E-state index is 0.0635. The van der Waals surface area contributed by atoms with Crippen LogP contribution in [0.4, 0.5) is 15.8 Å². The number of nitrogens with one attached hydrogen (secondary N) is 1. The molecule has 0 fully saturated rings. The summed E-state index contributed by atoms with van der Waals surface area (Å²) in [6.45, 7) is -0.295. The van der Waals surface area contributed by atoms with Crippen molar-refractivity contribution in [2.45, 2.75) is 6.42 Å². The molecule has 1 aliphatic rings. The lowest BCUT2D eigenvalue weighted by Crippen LogP contribution is -2.35. The van der Waals surface area contributed by atoms with E-state index < -0.39 is 11.9 Å². The number of nitrogens with zero attached hydrogens (tertiary/aromatic N) is 1. The van der Waals surface area contributed by atoms with Gasteiger partial charge in [-0.2, -0.15) is 0 Å². The molecule has 0 bridgehead atoms. The van der Waals surface area contributed by atoms with Crippen molar-refractivity contribution in [3.05, 3.63) is 83.7 Å². The van der Waals surface area contributed by atoms with Crippen LogP contribution in [0.2, 0.25) is 0 Å². The van der Waals surface area contributed by atoms with Gasteiger partial charge in [0.15, 0.2) is 5.75 Å². The quantitative estimate of drug-likeness (QED) is 0.615. The Kier molecular flexibility index (Phi) is 5.85. The lowest BCUT2D eigenvalue weighted by atomic mass is 10.1. The number of hydrogen-bond donors (Lipinski definition) is 1. The first-order valence-electron chi connectivity index (χ1n) is 9.78. The van der Waals surface area contributed by atoms with E-state index in [1.54, 1.807) is 54.6 Å². The predicted octanol–water partition coefficient (Wildman–Crippen LogP) is 3.93. The molecule has 8 heteroatoms. The molecule has 4 rings (SSSR count). The van der Waals surface area contributed by atoms with E-state index in [1.807, 2.05) is 0 Å². The van der Waals surface area contributed by atoms with E-state index in [0.29, 0.717) is 34.0 Å². The summed E-state index contributed by atoms with van der Waals surface area (Å²) >= 11 is 0. The summed E-state index contributed by atoms with van der Waals surface area (Å²) in [6.07, 6.45) is 0.0635. The van der Waals surface area contributed by atoms with Crippen molar-refractivity contribution < 1.29 is 28.2 Å². The number of esters is 1. The van der Waals surface area contributed by atoms with E-state index in [-0.39, 0.29) is 24.7 Å². The summed E-state index contributed by atoms with van der Waals surface area (Å²) in [5, 5.41) is 2.77. The third-order valence-electron chi connectivity index (χ3n) is 4.91. The van der Waals surface area contributed by atoms with Crippen molar-refractivity contribution in [3.8, 4) is 11.5 Å². The Hall–Kier alpha value is -4.20. The zero-order valence-corrected chi connectivity index (χ0v) is 17.1. The maximum absolute atomic E-state index is 13.1. The number of amides is 2. The largest absolute Gasteiger partial charge is 0.468 e. The lowest BCUT2D eigenvalue weighted by Gasteiger charge is -2.21. The molecule has 3 aromatic rings. The molecule has 3 aromatic carbocycles. The molecule has 1 N–H and O–H groups in total. The van der Waals surface area contributed by atoms with Gasteiger partial charge in [0.1, 0.15) is 18.1 Å². The van der Waals surface area contributed by atoms with Gasteiger partial charge in [-0.05, 0) is 42.0 Å². The molecule has 0 spiro atoms. The Labute approximate surface area is 183 Å². The van der Waals surface area contributed by atoms with Crippen LogP contribution < -0.4 is 15.0 Å². The van der Waals surface area contributed by atoms with Crippen LogP contribution in [0.25, 0.3) is 0 Å². The SMILES string of the molecule is COC(=O)CN1C(=O)c2ccccc2Oc2cc(NC(=O)Cc3ccc(F)cc3)ccc21. The molecule has 0 aliphatic carbocycles. The van der Waals surface area contributed by atoms with Gasteiger partial charge in [0.25, 0.3) is 5.91 Å². The summed E-state index contributed by atoms with van der Waals surface area (Å²) in [5.41, 5.74) is 1.78. The van der Waals surface area contributed by atoms with E-state index in [2.05, 4.69) is 5.32 Å². The van der Waals surface area contributed by atoms with Gasteiger partial charge in [0.05, 0.1) is 24.8 Å². The second kappa shape index (κ2) is 8.89. The second-order valence-electron chi connectivity index (χ2n) is 7.10. The first-order chi connectivity index (χ1) is 15.4. The highest BCUT2D eigenvalue weighted by Gasteiger charge is 2.30. The number of hydrogen-bond acceptors (Lipinski definition) is 5. The number of para-hydroxylation sites is 1. The summed E-state index contributed by atoms with van der Waals surface area (Å²) in [4.78, 5) is 38.7. The number of halogens is 1. The molecular weight excluding hydrogens is 415 g/mol. The topological polar surface area (TPSA) is 84.9 Å². The Morgan fingerprint density at radius 1 is 1.03 bits per heavy atom. The van der Waals surface area contributed by atoms with Gasteiger partial charge in [-0.15, -0.1) is 0 Å². The molecule has 0 radical (unpaired) electrons. The summed E-state index contributed by atoms with van der Waals surface area (Å²) < 4.78 is 23.8. The van der Waals surface area contributed by atoms with Crippen LogP contribution in [0, 0.1) is 5.82 Å². The molecule has 0 aromatic heterocycles. The predicted molar refractivity (Wildman–Crippen MR) is 115 cm³/mol. The standard InChI is InChI=1S/C24H19FN2O5/c1-31-23(29)14-27-19-11-10-17(26-22(28)12-15-6-8-16(25)9-7-15)13-21(19)32-20-5-3-2-4-18(20)24(27)30/h2-11,13H,12,14H2,1H3,(H,26,28). The van der Waals surface area contributed by atoms with Crippen LogP contribution in [0.3, 0.4) is 0 Å². The Bertz CT molecular complexity index is 1190. The zero-order valence-electron chi connectivity index (χ0n) is 17.1. The number of carbonyl (C=O) groups excluding carboxylic acids is 3. The van der Waals surface area contributed by atoms with Crippen molar-refractivity contribution in [1.29, 1.82) is 0 Å². The van der Waals surface area contributed by atoms with Gasteiger partial charge in [-0.3, -0.25) is 19.3 Å². The monoisotopic (exact) mass is 434 g/mol. The molecule has 2 amide bonds. The average molecular weight is 434 g/mol. The summed E-state index contributed by atoms with van der Waals surface area (Å²) in [7, 11) is 1.25. The highest BCUT2D eigenvalue weighted by atomic mass is 19.1. The third kappa shape index (κ3) is 4.44. The minimum atomic E-state index is -0.583. The molecule has 1 aliphatic heterocycles.